The van der Waals surface area contributed by atoms with Crippen molar-refractivity contribution in [3.63, 3.8) is 0 Å². The summed E-state index contributed by atoms with van der Waals surface area (Å²) in [6.45, 7) is 1.90. The van der Waals surface area contributed by atoms with Gasteiger partial charge in [-0.1, -0.05) is 30.3 Å². The second kappa shape index (κ2) is 5.89. The van der Waals surface area contributed by atoms with Crippen molar-refractivity contribution in [2.75, 3.05) is 0 Å². The minimum atomic E-state index is 0. The van der Waals surface area contributed by atoms with Crippen molar-refractivity contribution in [1.29, 1.82) is 0 Å². The summed E-state index contributed by atoms with van der Waals surface area (Å²) in [4.78, 5) is 7.53. The maximum absolute atomic E-state index is 4.96. The van der Waals surface area contributed by atoms with Crippen LogP contribution in [-0.2, 0) is 12.6 Å². The van der Waals surface area contributed by atoms with E-state index in [0.29, 0.717) is 4.20 Å². The van der Waals surface area contributed by atoms with Crippen molar-refractivity contribution in [1.82, 2.24) is 9.97 Å². The zero-order valence-electron chi connectivity index (χ0n) is 9.15. The molecule has 0 radical (unpaired) electrons. The smallest absolute Gasteiger partial charge is 0.427 e. The number of aromatic amines is 1. The Hall–Kier alpha value is -0.260. The maximum Gasteiger partial charge on any atom is 1.00 e. The van der Waals surface area contributed by atoms with Gasteiger partial charge in [0.05, 0.1) is 5.69 Å². The van der Waals surface area contributed by atoms with E-state index in [0.717, 1.165) is 22.8 Å². The van der Waals surface area contributed by atoms with Gasteiger partial charge in [-0.2, -0.15) is 0 Å². The molecule has 0 spiro atoms. The summed E-state index contributed by atoms with van der Waals surface area (Å²) >= 11 is 9.91. The van der Waals surface area contributed by atoms with E-state index in [1.54, 1.807) is 0 Å². The molecule has 0 saturated carbocycles. The van der Waals surface area contributed by atoms with Gasteiger partial charge in [0, 0.05) is 11.3 Å². The van der Waals surface area contributed by atoms with E-state index in [1.807, 2.05) is 37.3 Å². The SMILES string of the molecule is Cc1nc(-c2ccccc2)[nH]c1C(=S)[S-].[Na+]. The van der Waals surface area contributed by atoms with Crippen LogP contribution in [0.3, 0.4) is 0 Å². The van der Waals surface area contributed by atoms with Crippen LogP contribution in [0.2, 0.25) is 0 Å². The fourth-order valence-corrected chi connectivity index (χ4v) is 1.79. The minimum absolute atomic E-state index is 0. The predicted molar refractivity (Wildman–Crippen MR) is 67.8 cm³/mol. The number of imidazole rings is 1. The Morgan fingerprint density at radius 3 is 2.44 bits per heavy atom. The van der Waals surface area contributed by atoms with Crippen molar-refractivity contribution >= 4 is 29.0 Å². The molecule has 1 N–H and O–H groups in total. The fraction of sp³-hybridized carbons (Fsp3) is 0.0909. The van der Waals surface area contributed by atoms with Crippen LogP contribution in [-0.4, -0.2) is 14.2 Å². The fourth-order valence-electron chi connectivity index (χ4n) is 1.39. The average molecular weight is 256 g/mol. The van der Waals surface area contributed by atoms with Crippen LogP contribution < -0.4 is 29.6 Å². The number of aryl methyl sites for hydroxylation is 1. The summed E-state index contributed by atoms with van der Waals surface area (Å²) in [5.74, 6) is 0.815. The van der Waals surface area contributed by atoms with E-state index in [2.05, 4.69) is 9.97 Å². The summed E-state index contributed by atoms with van der Waals surface area (Å²) in [6.07, 6.45) is 0. The molecule has 0 aliphatic heterocycles. The molecule has 0 amide bonds. The molecule has 0 aliphatic rings. The molecule has 5 heteroatoms. The topological polar surface area (TPSA) is 28.7 Å². The Morgan fingerprint density at radius 2 is 1.94 bits per heavy atom. The van der Waals surface area contributed by atoms with Gasteiger partial charge in [0.1, 0.15) is 5.82 Å². The van der Waals surface area contributed by atoms with E-state index in [1.165, 1.54) is 0 Å². The van der Waals surface area contributed by atoms with Gasteiger partial charge in [-0.05, 0) is 6.92 Å². The van der Waals surface area contributed by atoms with E-state index >= 15 is 0 Å². The molecule has 0 aliphatic carbocycles. The Morgan fingerprint density at radius 1 is 1.31 bits per heavy atom. The minimum Gasteiger partial charge on any atom is -0.427 e. The Kier molecular flexibility index (Phi) is 5.08. The number of rotatable bonds is 2. The van der Waals surface area contributed by atoms with Gasteiger partial charge in [-0.15, -0.1) is 4.20 Å². The predicted octanol–water partition coefficient (Wildman–Crippen LogP) is -0.388. The summed E-state index contributed by atoms with van der Waals surface area (Å²) in [5, 5.41) is 0. The first kappa shape index (κ1) is 13.8. The van der Waals surface area contributed by atoms with Crippen LogP contribution in [0.4, 0.5) is 0 Å². The van der Waals surface area contributed by atoms with Gasteiger partial charge in [0.2, 0.25) is 0 Å². The van der Waals surface area contributed by atoms with Crippen LogP contribution >= 0.6 is 12.2 Å². The van der Waals surface area contributed by atoms with Crippen molar-refractivity contribution in [3.8, 4) is 11.4 Å². The zero-order chi connectivity index (χ0) is 10.8. The molecule has 2 rings (SSSR count). The molecule has 1 aromatic heterocycles. The molecule has 0 fully saturated rings. The van der Waals surface area contributed by atoms with Crippen LogP contribution in [0.15, 0.2) is 30.3 Å². The first-order valence-electron chi connectivity index (χ1n) is 4.52. The Bertz CT molecular complexity index is 494. The van der Waals surface area contributed by atoms with Crippen LogP contribution in [0.25, 0.3) is 11.4 Å². The maximum atomic E-state index is 4.96. The summed E-state index contributed by atoms with van der Waals surface area (Å²) in [5.41, 5.74) is 2.67. The zero-order valence-corrected chi connectivity index (χ0v) is 12.8. The largest absolute Gasteiger partial charge is 1.00 e. The van der Waals surface area contributed by atoms with Gasteiger partial charge in [0.15, 0.2) is 0 Å². The average Bonchev–Trinajstić information content (AvgIpc) is 2.62. The third-order valence-corrected chi connectivity index (χ3v) is 2.54. The molecular weight excluding hydrogens is 247 g/mol. The standard InChI is InChI=1S/C11H10N2S2.Na/c1-7-9(11(14)15)13-10(12-7)8-5-3-2-4-6-8;/h2-6H,1H3,(H,12,13)(H,14,15);/q;+1/p-1. The van der Waals surface area contributed by atoms with Crippen molar-refractivity contribution in [2.24, 2.45) is 0 Å². The van der Waals surface area contributed by atoms with Gasteiger partial charge >= 0.3 is 29.6 Å². The van der Waals surface area contributed by atoms with E-state index in [9.17, 15) is 0 Å². The molecule has 76 valence electrons. The second-order valence-electron chi connectivity index (χ2n) is 3.20. The molecule has 1 aromatic carbocycles. The van der Waals surface area contributed by atoms with E-state index in [4.69, 9.17) is 24.8 Å². The molecule has 0 saturated heterocycles. The number of nitrogens with one attached hydrogen (secondary N) is 1. The first-order chi connectivity index (χ1) is 7.18. The van der Waals surface area contributed by atoms with Crippen molar-refractivity contribution in [2.45, 2.75) is 6.92 Å². The third kappa shape index (κ3) is 2.90. The molecule has 0 unspecified atom stereocenters. The molecule has 0 bridgehead atoms. The number of nitrogens with zero attached hydrogens (tertiary/aromatic N) is 1. The summed E-state index contributed by atoms with van der Waals surface area (Å²) in [6, 6.07) is 9.90. The summed E-state index contributed by atoms with van der Waals surface area (Å²) in [7, 11) is 0. The van der Waals surface area contributed by atoms with Gasteiger partial charge in [-0.25, -0.2) is 4.98 Å². The number of H-pyrrole nitrogens is 1. The normalized spacial score (nSPS) is 9.56. The number of aromatic nitrogens is 2. The number of hydrogen-bond donors (Lipinski definition) is 1. The second-order valence-corrected chi connectivity index (χ2v) is 4.27. The third-order valence-electron chi connectivity index (χ3n) is 2.14. The van der Waals surface area contributed by atoms with Crippen molar-refractivity contribution < 1.29 is 29.6 Å². The van der Waals surface area contributed by atoms with Crippen LogP contribution in [0.1, 0.15) is 11.4 Å². The van der Waals surface area contributed by atoms with E-state index in [-0.39, 0.29) is 29.6 Å². The van der Waals surface area contributed by atoms with Gasteiger partial charge in [0.25, 0.3) is 0 Å². The number of hydrogen-bond acceptors (Lipinski definition) is 3. The van der Waals surface area contributed by atoms with Gasteiger partial charge < -0.3 is 29.8 Å². The molecular formula is C11H9N2NaS2. The Labute approximate surface area is 128 Å². The molecule has 16 heavy (non-hydrogen) atoms. The summed E-state index contributed by atoms with van der Waals surface area (Å²) < 4.78 is 0.433. The molecule has 2 aromatic rings. The molecule has 0 atom stereocenters. The number of benzene rings is 1. The molecule has 1 heterocycles. The van der Waals surface area contributed by atoms with Gasteiger partial charge in [-0.3, -0.25) is 0 Å². The van der Waals surface area contributed by atoms with Crippen LogP contribution in [0, 0.1) is 6.92 Å². The van der Waals surface area contributed by atoms with Crippen LogP contribution in [0.5, 0.6) is 0 Å². The molecule has 2 nitrogen and oxygen atoms in total. The number of thiocarbonyl (C=S) groups is 1. The first-order valence-corrected chi connectivity index (χ1v) is 5.33. The van der Waals surface area contributed by atoms with E-state index < -0.39 is 0 Å². The van der Waals surface area contributed by atoms with Crippen molar-refractivity contribution in [3.05, 3.63) is 41.7 Å². The quantitative estimate of drug-likeness (QED) is 0.451. The monoisotopic (exact) mass is 256 g/mol. The Balaban J connectivity index is 0.00000128.